The van der Waals surface area contributed by atoms with Gasteiger partial charge in [-0.25, -0.2) is 4.79 Å². The number of nitrogens with zero attached hydrogens (tertiary/aromatic N) is 1. The molecule has 0 bridgehead atoms. The number of likely N-dealkylation sites (tertiary alicyclic amines) is 1. The first kappa shape index (κ1) is 28.6. The zero-order valence-electron chi connectivity index (χ0n) is 22.9. The zero-order valence-corrected chi connectivity index (χ0v) is 23.7. The van der Waals surface area contributed by atoms with Crippen molar-refractivity contribution < 1.29 is 19.1 Å². The van der Waals surface area contributed by atoms with Crippen molar-refractivity contribution in [2.24, 2.45) is 0 Å². The largest absolute Gasteiger partial charge is 0.453 e. The van der Waals surface area contributed by atoms with Crippen LogP contribution in [0.3, 0.4) is 0 Å². The number of piperidine rings is 1. The van der Waals surface area contributed by atoms with Gasteiger partial charge < -0.3 is 15.0 Å². The Morgan fingerprint density at radius 3 is 2.39 bits per heavy atom. The second-order valence-corrected chi connectivity index (χ2v) is 10.8. The molecule has 2 aliphatic heterocycles. The number of fused-ring (bicyclic) bond motifs is 1. The smallest absolute Gasteiger partial charge is 0.411 e. The maximum Gasteiger partial charge on any atom is 0.411 e. The van der Waals surface area contributed by atoms with Gasteiger partial charge in [0.05, 0.1) is 7.11 Å². The van der Waals surface area contributed by atoms with Crippen LogP contribution in [0.25, 0.3) is 0 Å². The molecular formula is C32H34ClN4O4. The number of anilines is 1. The van der Waals surface area contributed by atoms with Crippen LogP contribution in [0.15, 0.2) is 72.8 Å². The number of amides is 3. The minimum atomic E-state index is -0.732. The van der Waals surface area contributed by atoms with Crippen LogP contribution < -0.4 is 16.0 Å². The lowest BCUT2D eigenvalue weighted by molar-refractivity contribution is -0.137. The van der Waals surface area contributed by atoms with Gasteiger partial charge in [-0.05, 0) is 65.6 Å². The summed E-state index contributed by atoms with van der Waals surface area (Å²) in [4.78, 5) is 41.1. The second kappa shape index (κ2) is 13.2. The number of rotatable bonds is 7. The molecule has 3 aromatic rings. The molecular weight excluding hydrogens is 540 g/mol. The third-order valence-electron chi connectivity index (χ3n) is 7.83. The summed E-state index contributed by atoms with van der Waals surface area (Å²) < 4.78 is 4.77. The number of benzene rings is 3. The molecule has 0 aliphatic carbocycles. The predicted octanol–water partition coefficient (Wildman–Crippen LogP) is 5.00. The van der Waals surface area contributed by atoms with E-state index >= 15 is 0 Å². The summed E-state index contributed by atoms with van der Waals surface area (Å²) in [6, 6.07) is 21.6. The van der Waals surface area contributed by atoms with E-state index in [2.05, 4.69) is 16.0 Å². The van der Waals surface area contributed by atoms with Crippen LogP contribution in [0.1, 0.15) is 47.1 Å². The third-order valence-corrected chi connectivity index (χ3v) is 8.08. The highest BCUT2D eigenvalue weighted by Gasteiger charge is 2.33. The average Bonchev–Trinajstić information content (AvgIpc) is 3.01. The van der Waals surface area contributed by atoms with E-state index in [0.29, 0.717) is 30.2 Å². The molecule has 1 unspecified atom stereocenters. The van der Waals surface area contributed by atoms with Gasteiger partial charge in [0.1, 0.15) is 12.1 Å². The molecule has 0 aromatic heterocycles. The third kappa shape index (κ3) is 6.89. The molecule has 9 heteroatoms. The number of methoxy groups -OCH3 is 1. The quantitative estimate of drug-likeness (QED) is 0.369. The number of para-hydroxylation sites is 1. The number of nitrogens with one attached hydrogen (secondary N) is 3. The Labute approximate surface area is 245 Å². The number of carbonyl (C=O) groups is 3. The number of hydrogen-bond donors (Lipinski definition) is 3. The minimum Gasteiger partial charge on any atom is -0.453 e. The lowest BCUT2D eigenvalue weighted by Crippen LogP contribution is -2.53. The highest BCUT2D eigenvalue weighted by molar-refractivity contribution is 6.30. The normalized spacial score (nSPS) is 17.7. The fraction of sp³-hybridized carbons (Fsp3) is 0.312. The van der Waals surface area contributed by atoms with Gasteiger partial charge in [-0.3, -0.25) is 20.2 Å². The van der Waals surface area contributed by atoms with E-state index in [9.17, 15) is 14.4 Å². The first-order valence-electron chi connectivity index (χ1n) is 13.9. The minimum absolute atomic E-state index is 0.110. The van der Waals surface area contributed by atoms with Crippen molar-refractivity contribution in [1.82, 2.24) is 15.5 Å². The van der Waals surface area contributed by atoms with Crippen LogP contribution in [0.2, 0.25) is 5.02 Å². The Bertz CT molecular complexity index is 1390. The summed E-state index contributed by atoms with van der Waals surface area (Å²) in [7, 11) is 1.34. The molecule has 3 N–H and O–H groups in total. The van der Waals surface area contributed by atoms with Gasteiger partial charge in [0.25, 0.3) is 0 Å². The monoisotopic (exact) mass is 573 g/mol. The van der Waals surface area contributed by atoms with E-state index in [-0.39, 0.29) is 17.7 Å². The zero-order chi connectivity index (χ0) is 28.8. The van der Waals surface area contributed by atoms with Crippen molar-refractivity contribution in [1.29, 1.82) is 0 Å². The average molecular weight is 574 g/mol. The first-order valence-corrected chi connectivity index (χ1v) is 14.2. The summed E-state index contributed by atoms with van der Waals surface area (Å²) in [5.41, 5.74) is 4.67. The molecule has 2 aliphatic rings. The molecule has 0 saturated carbocycles. The van der Waals surface area contributed by atoms with Gasteiger partial charge in [-0.15, -0.1) is 0 Å². The van der Waals surface area contributed by atoms with E-state index in [1.54, 1.807) is 12.1 Å². The molecule has 3 aromatic carbocycles. The summed E-state index contributed by atoms with van der Waals surface area (Å²) in [5.74, 6) is -0.172. The van der Waals surface area contributed by atoms with E-state index < -0.39 is 18.2 Å². The second-order valence-electron chi connectivity index (χ2n) is 10.4. The molecule has 0 spiro atoms. The predicted molar refractivity (Wildman–Crippen MR) is 158 cm³/mol. The Morgan fingerprint density at radius 2 is 1.66 bits per heavy atom. The lowest BCUT2D eigenvalue weighted by atomic mass is 9.88. The summed E-state index contributed by atoms with van der Waals surface area (Å²) in [6.07, 6.45) is 2.05. The van der Waals surface area contributed by atoms with Gasteiger partial charge in [0.15, 0.2) is 0 Å². The van der Waals surface area contributed by atoms with Crippen LogP contribution in [-0.2, 0) is 27.2 Å². The molecule has 1 fully saturated rings. The Balaban J connectivity index is 1.30. The van der Waals surface area contributed by atoms with Crippen molar-refractivity contribution in [2.75, 3.05) is 25.5 Å². The SMILES string of the molecule is COC(=O)Nc1ccccc1C1CCN(C(=O)[C@@H](Cc2ccc(Cl)cc2)NC(=O)C2N[CH]Cc3ccccc32)CC1. The van der Waals surface area contributed by atoms with E-state index in [1.165, 1.54) is 7.11 Å². The molecule has 1 radical (unpaired) electrons. The van der Waals surface area contributed by atoms with E-state index in [4.69, 9.17) is 16.3 Å². The number of ether oxygens (including phenoxy) is 1. The maximum absolute atomic E-state index is 13.9. The number of halogens is 1. The summed E-state index contributed by atoms with van der Waals surface area (Å²) >= 11 is 6.09. The molecule has 5 rings (SSSR count). The number of carbonyl (C=O) groups excluding carboxylic acids is 3. The van der Waals surface area contributed by atoms with Crippen molar-refractivity contribution in [3.8, 4) is 0 Å². The standard InChI is InChI=1S/C32H34ClN4O4/c1-41-32(40)36-27-9-5-4-7-25(27)23-15-18-37(19-16-23)31(39)28(20-21-10-12-24(33)13-11-21)35-30(38)29-26-8-3-2-6-22(26)14-17-34-29/h2-13,17,23,28-29,34H,14-16,18-20H2,1H3,(H,35,38)(H,36,40)/t28-,29?/m1/s1. The van der Waals surface area contributed by atoms with Gasteiger partial charge >= 0.3 is 6.09 Å². The molecule has 213 valence electrons. The van der Waals surface area contributed by atoms with Crippen LogP contribution in [0.5, 0.6) is 0 Å². The number of hydrogen-bond acceptors (Lipinski definition) is 5. The fourth-order valence-corrected chi connectivity index (χ4v) is 5.79. The van der Waals surface area contributed by atoms with E-state index in [0.717, 1.165) is 41.5 Å². The molecule has 2 heterocycles. The van der Waals surface area contributed by atoms with E-state index in [1.807, 2.05) is 72.1 Å². The van der Waals surface area contributed by atoms with Gasteiger partial charge in [0, 0.05) is 36.8 Å². The van der Waals surface area contributed by atoms with Gasteiger partial charge in [-0.1, -0.05) is 66.2 Å². The van der Waals surface area contributed by atoms with Crippen LogP contribution in [0, 0.1) is 6.54 Å². The van der Waals surface area contributed by atoms with Crippen molar-refractivity contribution in [3.63, 3.8) is 0 Å². The molecule has 2 atom stereocenters. The molecule has 8 nitrogen and oxygen atoms in total. The van der Waals surface area contributed by atoms with Crippen molar-refractivity contribution >= 4 is 35.2 Å². The highest BCUT2D eigenvalue weighted by atomic mass is 35.5. The van der Waals surface area contributed by atoms with Crippen LogP contribution in [-0.4, -0.2) is 49.0 Å². The summed E-state index contributed by atoms with van der Waals surface area (Å²) in [5, 5.41) is 9.67. The van der Waals surface area contributed by atoms with Crippen LogP contribution >= 0.6 is 11.6 Å². The maximum atomic E-state index is 13.9. The first-order chi connectivity index (χ1) is 19.9. The molecule has 3 amide bonds. The lowest BCUT2D eigenvalue weighted by Gasteiger charge is -2.36. The van der Waals surface area contributed by atoms with Crippen molar-refractivity contribution in [3.05, 3.63) is 107 Å². The Kier molecular flexibility index (Phi) is 9.21. The Hall–Kier alpha value is -3.88. The molecule has 1 saturated heterocycles. The van der Waals surface area contributed by atoms with Gasteiger partial charge in [-0.2, -0.15) is 0 Å². The Morgan fingerprint density at radius 1 is 0.976 bits per heavy atom. The highest BCUT2D eigenvalue weighted by Crippen LogP contribution is 2.33. The van der Waals surface area contributed by atoms with Crippen molar-refractivity contribution in [2.45, 2.75) is 43.7 Å². The topological polar surface area (TPSA) is 99.8 Å². The fourth-order valence-electron chi connectivity index (χ4n) is 5.67. The molecule has 41 heavy (non-hydrogen) atoms. The summed E-state index contributed by atoms with van der Waals surface area (Å²) in [6.45, 7) is 2.98. The van der Waals surface area contributed by atoms with Gasteiger partial charge in [0.2, 0.25) is 11.8 Å². The van der Waals surface area contributed by atoms with Crippen LogP contribution in [0.4, 0.5) is 10.5 Å².